The Bertz CT molecular complexity index is 1650. The van der Waals surface area contributed by atoms with E-state index in [0.717, 1.165) is 57.3 Å². The van der Waals surface area contributed by atoms with Gasteiger partial charge in [-0.15, -0.1) is 0 Å². The molecule has 3 heterocycles. The maximum Gasteiger partial charge on any atom is 0.322 e. The summed E-state index contributed by atoms with van der Waals surface area (Å²) in [5.41, 5.74) is 9.29. The van der Waals surface area contributed by atoms with Crippen LogP contribution in [0.4, 0.5) is 10.5 Å². The van der Waals surface area contributed by atoms with Gasteiger partial charge in [0.1, 0.15) is 5.82 Å². The van der Waals surface area contributed by atoms with E-state index in [1.165, 1.54) is 5.56 Å². The lowest BCUT2D eigenvalue weighted by Gasteiger charge is -2.31. The second-order valence-electron chi connectivity index (χ2n) is 10.3. The van der Waals surface area contributed by atoms with E-state index in [1.54, 1.807) is 0 Å². The minimum absolute atomic E-state index is 0.135. The third-order valence-electron chi connectivity index (χ3n) is 7.59. The van der Waals surface area contributed by atoms with Crippen LogP contribution in [-0.4, -0.2) is 25.3 Å². The molecule has 0 spiro atoms. The van der Waals surface area contributed by atoms with Gasteiger partial charge >= 0.3 is 6.03 Å². The van der Waals surface area contributed by atoms with Crippen molar-refractivity contribution in [3.05, 3.63) is 130 Å². The molecular formula is C33H33N5O. The number of urea groups is 1. The molecule has 0 bridgehead atoms. The van der Waals surface area contributed by atoms with Gasteiger partial charge in [-0.2, -0.15) is 5.10 Å². The summed E-state index contributed by atoms with van der Waals surface area (Å²) in [5, 5.41) is 8.29. The number of para-hydroxylation sites is 1. The number of aryl methyl sites for hydroxylation is 4. The Hall–Kier alpha value is -4.58. The zero-order valence-electron chi connectivity index (χ0n) is 22.8. The number of nitrogens with one attached hydrogen (secondary N) is 1. The number of nitrogens with zero attached hydrogens (tertiary/aromatic N) is 4. The van der Waals surface area contributed by atoms with Crippen molar-refractivity contribution in [3.63, 3.8) is 0 Å². The molecule has 0 saturated heterocycles. The van der Waals surface area contributed by atoms with Crippen LogP contribution in [0.2, 0.25) is 0 Å². The first kappa shape index (κ1) is 24.7. The fourth-order valence-electron chi connectivity index (χ4n) is 5.51. The Morgan fingerprint density at radius 2 is 1.67 bits per heavy atom. The van der Waals surface area contributed by atoms with E-state index in [9.17, 15) is 4.79 Å². The predicted molar refractivity (Wildman–Crippen MR) is 156 cm³/mol. The lowest BCUT2D eigenvalue weighted by molar-refractivity contribution is 0.194. The number of anilines is 1. The molecule has 0 unspecified atom stereocenters. The number of benzene rings is 3. The van der Waals surface area contributed by atoms with Gasteiger partial charge in [-0.05, 0) is 74.2 Å². The van der Waals surface area contributed by atoms with Gasteiger partial charge in [0.15, 0.2) is 0 Å². The summed E-state index contributed by atoms with van der Waals surface area (Å²) >= 11 is 0. The molecule has 6 rings (SSSR count). The van der Waals surface area contributed by atoms with E-state index >= 15 is 0 Å². The fraction of sp³-hybridized carbons (Fsp3) is 0.212. The van der Waals surface area contributed by atoms with E-state index in [0.29, 0.717) is 6.54 Å². The molecular weight excluding hydrogens is 482 g/mol. The quantitative estimate of drug-likeness (QED) is 0.273. The maximum absolute atomic E-state index is 14.2. The predicted octanol–water partition coefficient (Wildman–Crippen LogP) is 7.29. The highest BCUT2D eigenvalue weighted by atomic mass is 16.2. The molecule has 0 radical (unpaired) electrons. The summed E-state index contributed by atoms with van der Waals surface area (Å²) in [7, 11) is 0. The first-order valence-corrected chi connectivity index (χ1v) is 13.5. The molecule has 1 atom stereocenters. The van der Waals surface area contributed by atoms with Crippen LogP contribution in [0.15, 0.2) is 91.1 Å². The Balaban J connectivity index is 1.55. The van der Waals surface area contributed by atoms with Gasteiger partial charge in [0, 0.05) is 17.4 Å². The van der Waals surface area contributed by atoms with Crippen LogP contribution in [0.1, 0.15) is 52.2 Å². The van der Waals surface area contributed by atoms with E-state index in [-0.39, 0.29) is 12.1 Å². The zero-order chi connectivity index (χ0) is 27.1. The second kappa shape index (κ2) is 9.95. The number of carbonyl (C=O) groups is 1. The highest BCUT2D eigenvalue weighted by Gasteiger charge is 2.36. The first-order chi connectivity index (χ1) is 18.9. The number of amides is 2. The van der Waals surface area contributed by atoms with E-state index in [1.807, 2.05) is 53.8 Å². The third-order valence-corrected chi connectivity index (χ3v) is 7.59. The summed E-state index contributed by atoms with van der Waals surface area (Å²) in [6.07, 6.45) is 2.85. The molecule has 0 aliphatic carbocycles. The lowest BCUT2D eigenvalue weighted by atomic mass is 10.0. The molecule has 0 saturated carbocycles. The van der Waals surface area contributed by atoms with Crippen molar-refractivity contribution in [2.45, 2.75) is 46.7 Å². The van der Waals surface area contributed by atoms with Crippen LogP contribution in [0, 0.1) is 20.8 Å². The van der Waals surface area contributed by atoms with Gasteiger partial charge in [0.05, 0.1) is 29.7 Å². The Labute approximate surface area is 229 Å². The number of fused-ring (bicyclic) bond motifs is 3. The molecule has 1 aliphatic rings. The van der Waals surface area contributed by atoms with Gasteiger partial charge in [0.25, 0.3) is 0 Å². The van der Waals surface area contributed by atoms with Crippen LogP contribution < -0.4 is 5.32 Å². The van der Waals surface area contributed by atoms with Gasteiger partial charge in [-0.3, -0.25) is 0 Å². The van der Waals surface area contributed by atoms with Crippen LogP contribution in [0.25, 0.3) is 11.5 Å². The van der Waals surface area contributed by atoms with Crippen molar-refractivity contribution in [2.75, 3.05) is 5.32 Å². The molecule has 1 N–H and O–H groups in total. The highest BCUT2D eigenvalue weighted by Crippen LogP contribution is 2.39. The van der Waals surface area contributed by atoms with E-state index in [4.69, 9.17) is 5.10 Å². The minimum atomic E-state index is -0.285. The molecule has 6 nitrogen and oxygen atoms in total. The van der Waals surface area contributed by atoms with Crippen molar-refractivity contribution in [1.29, 1.82) is 0 Å². The van der Waals surface area contributed by atoms with Crippen molar-refractivity contribution in [3.8, 4) is 11.5 Å². The molecule has 39 heavy (non-hydrogen) atoms. The van der Waals surface area contributed by atoms with E-state index < -0.39 is 0 Å². The van der Waals surface area contributed by atoms with Gasteiger partial charge in [0.2, 0.25) is 0 Å². The molecule has 2 aromatic heterocycles. The molecule has 2 amide bonds. The smallest absolute Gasteiger partial charge is 0.308 e. The Morgan fingerprint density at radius 3 is 2.41 bits per heavy atom. The minimum Gasteiger partial charge on any atom is -0.308 e. The van der Waals surface area contributed by atoms with Crippen LogP contribution in [0.3, 0.4) is 0 Å². The molecule has 1 aliphatic heterocycles. The van der Waals surface area contributed by atoms with Crippen LogP contribution in [-0.2, 0) is 13.0 Å². The zero-order valence-corrected chi connectivity index (χ0v) is 22.8. The number of hydrogen-bond acceptors (Lipinski definition) is 2. The van der Waals surface area contributed by atoms with Gasteiger partial charge in [-0.25, -0.2) is 9.48 Å². The summed E-state index contributed by atoms with van der Waals surface area (Å²) < 4.78 is 4.24. The second-order valence-corrected chi connectivity index (χ2v) is 10.3. The van der Waals surface area contributed by atoms with Crippen molar-refractivity contribution in [1.82, 2.24) is 19.2 Å². The molecule has 6 heteroatoms. The molecule has 196 valence electrons. The SMILES string of the molecule is CCc1nn(-c2ccccc2)c2c1CN(C(=O)Nc1cc(C)ccc1C)[C@@H](c1ccc(C)cc1)c1cccn1-2. The normalized spacial score (nSPS) is 14.5. The average molecular weight is 516 g/mol. The highest BCUT2D eigenvalue weighted by molar-refractivity contribution is 5.91. The van der Waals surface area contributed by atoms with Crippen molar-refractivity contribution >= 4 is 11.7 Å². The molecule has 0 fully saturated rings. The Kier molecular flexibility index (Phi) is 6.31. The molecule has 3 aromatic carbocycles. The fourth-order valence-corrected chi connectivity index (χ4v) is 5.51. The average Bonchev–Trinajstić information content (AvgIpc) is 3.53. The largest absolute Gasteiger partial charge is 0.322 e. The summed E-state index contributed by atoms with van der Waals surface area (Å²) in [6, 6.07) is 28.6. The monoisotopic (exact) mass is 515 g/mol. The number of hydrogen-bond donors (Lipinski definition) is 1. The number of aromatic nitrogens is 3. The number of carbonyl (C=O) groups excluding carboxylic acids is 1. The first-order valence-electron chi connectivity index (χ1n) is 13.5. The number of rotatable bonds is 4. The standard InChI is InChI=1S/C33H33N5O/c1-5-28-27-21-37(33(39)34-29-20-23(3)13-16-24(29)4)31(25-17-14-22(2)15-18-25)30-12-9-19-36(30)32(27)38(35-28)26-10-7-6-8-11-26/h6-20,31H,5,21H2,1-4H3,(H,34,39)/t31-/m0/s1. The summed E-state index contributed by atoms with van der Waals surface area (Å²) in [6.45, 7) is 8.71. The van der Waals surface area contributed by atoms with Crippen LogP contribution >= 0.6 is 0 Å². The summed E-state index contributed by atoms with van der Waals surface area (Å²) in [4.78, 5) is 16.2. The van der Waals surface area contributed by atoms with E-state index in [2.05, 4.69) is 84.5 Å². The third kappa shape index (κ3) is 4.42. The Morgan fingerprint density at radius 1 is 0.923 bits per heavy atom. The maximum atomic E-state index is 14.2. The topological polar surface area (TPSA) is 55.1 Å². The molecule has 5 aromatic rings. The van der Waals surface area contributed by atoms with Crippen molar-refractivity contribution < 1.29 is 4.79 Å². The lowest BCUT2D eigenvalue weighted by Crippen LogP contribution is -2.38. The van der Waals surface area contributed by atoms with Gasteiger partial charge in [-0.1, -0.05) is 67.1 Å². The van der Waals surface area contributed by atoms with Crippen LogP contribution in [0.5, 0.6) is 0 Å². The van der Waals surface area contributed by atoms with Crippen molar-refractivity contribution in [2.24, 2.45) is 0 Å². The van der Waals surface area contributed by atoms with Gasteiger partial charge < -0.3 is 14.8 Å². The summed E-state index contributed by atoms with van der Waals surface area (Å²) in [5.74, 6) is 0.984.